The Hall–Kier alpha value is -1.13. The molecule has 154 valence electrons. The van der Waals surface area contributed by atoms with Crippen molar-refractivity contribution >= 4 is 29.9 Å². The van der Waals surface area contributed by atoms with Gasteiger partial charge in [-0.15, -0.1) is 24.0 Å². The SMILES string of the molecule is CCCCOc1ncccc1CN=C(NCC)NCCN1CCOCC1.I. The number of aliphatic imine (C=N–C) groups is 1. The molecule has 1 aliphatic heterocycles. The maximum atomic E-state index is 5.79. The van der Waals surface area contributed by atoms with E-state index in [9.17, 15) is 0 Å². The molecule has 2 heterocycles. The van der Waals surface area contributed by atoms with Crippen molar-refractivity contribution in [3.63, 3.8) is 0 Å². The third kappa shape index (κ3) is 9.57. The first-order valence-electron chi connectivity index (χ1n) is 9.72. The zero-order valence-corrected chi connectivity index (χ0v) is 18.9. The highest BCUT2D eigenvalue weighted by Gasteiger charge is 2.10. The van der Waals surface area contributed by atoms with Gasteiger partial charge in [0.05, 0.1) is 26.4 Å². The zero-order valence-electron chi connectivity index (χ0n) is 16.6. The molecule has 0 saturated carbocycles. The fourth-order valence-corrected chi connectivity index (χ4v) is 2.65. The van der Waals surface area contributed by atoms with Gasteiger partial charge in [0.1, 0.15) is 0 Å². The molecule has 1 saturated heterocycles. The van der Waals surface area contributed by atoms with Crippen molar-refractivity contribution in [2.24, 2.45) is 4.99 Å². The van der Waals surface area contributed by atoms with Gasteiger partial charge >= 0.3 is 0 Å². The number of nitrogens with one attached hydrogen (secondary N) is 2. The van der Waals surface area contributed by atoms with E-state index in [2.05, 4.69) is 39.4 Å². The number of nitrogens with zero attached hydrogens (tertiary/aromatic N) is 3. The third-order valence-electron chi connectivity index (χ3n) is 4.16. The Balaban J connectivity index is 0.00000364. The molecule has 8 heteroatoms. The first kappa shape index (κ1) is 23.9. The Labute approximate surface area is 180 Å². The molecular formula is C19H34IN5O2. The molecule has 1 aromatic rings. The average molecular weight is 491 g/mol. The number of aromatic nitrogens is 1. The van der Waals surface area contributed by atoms with E-state index < -0.39 is 0 Å². The minimum atomic E-state index is 0. The van der Waals surface area contributed by atoms with Gasteiger partial charge < -0.3 is 20.1 Å². The van der Waals surface area contributed by atoms with Crippen molar-refractivity contribution in [3.05, 3.63) is 23.9 Å². The van der Waals surface area contributed by atoms with E-state index in [1.54, 1.807) is 6.20 Å². The van der Waals surface area contributed by atoms with Crippen molar-refractivity contribution < 1.29 is 9.47 Å². The van der Waals surface area contributed by atoms with Crippen LogP contribution in [0.15, 0.2) is 23.3 Å². The summed E-state index contributed by atoms with van der Waals surface area (Å²) < 4.78 is 11.2. The quantitative estimate of drug-likeness (QED) is 0.227. The van der Waals surface area contributed by atoms with Crippen LogP contribution in [-0.2, 0) is 11.3 Å². The number of halogens is 1. The van der Waals surface area contributed by atoms with Crippen LogP contribution in [-0.4, -0.2) is 68.4 Å². The molecule has 1 aliphatic rings. The maximum Gasteiger partial charge on any atom is 0.218 e. The van der Waals surface area contributed by atoms with Gasteiger partial charge in [0.25, 0.3) is 0 Å². The van der Waals surface area contributed by atoms with Gasteiger partial charge in [-0.05, 0) is 19.4 Å². The fourth-order valence-electron chi connectivity index (χ4n) is 2.65. The molecule has 0 amide bonds. The van der Waals surface area contributed by atoms with E-state index in [1.807, 2.05) is 12.1 Å². The molecule has 2 N–H and O–H groups in total. The normalized spacial score (nSPS) is 15.1. The molecular weight excluding hydrogens is 457 g/mol. The van der Waals surface area contributed by atoms with E-state index in [-0.39, 0.29) is 24.0 Å². The van der Waals surface area contributed by atoms with Crippen LogP contribution in [0.3, 0.4) is 0 Å². The van der Waals surface area contributed by atoms with Crippen molar-refractivity contribution in [1.82, 2.24) is 20.5 Å². The summed E-state index contributed by atoms with van der Waals surface area (Å²) in [5, 5.41) is 6.70. The second kappa shape index (κ2) is 14.9. The van der Waals surface area contributed by atoms with Crippen LogP contribution in [0.2, 0.25) is 0 Å². The lowest BCUT2D eigenvalue weighted by molar-refractivity contribution is 0.0389. The van der Waals surface area contributed by atoms with Crippen LogP contribution >= 0.6 is 24.0 Å². The number of hydrogen-bond acceptors (Lipinski definition) is 5. The second-order valence-corrected chi connectivity index (χ2v) is 6.25. The van der Waals surface area contributed by atoms with Crippen LogP contribution < -0.4 is 15.4 Å². The summed E-state index contributed by atoms with van der Waals surface area (Å²) in [5.74, 6) is 1.51. The first-order chi connectivity index (χ1) is 12.8. The van der Waals surface area contributed by atoms with Crippen LogP contribution in [0.25, 0.3) is 0 Å². The predicted octanol–water partition coefficient (Wildman–Crippen LogP) is 2.27. The van der Waals surface area contributed by atoms with E-state index in [0.29, 0.717) is 19.0 Å². The van der Waals surface area contributed by atoms with Crippen LogP contribution in [0, 0.1) is 0 Å². The van der Waals surface area contributed by atoms with E-state index in [0.717, 1.165) is 70.3 Å². The summed E-state index contributed by atoms with van der Waals surface area (Å²) in [5.41, 5.74) is 1.01. The molecule has 27 heavy (non-hydrogen) atoms. The number of rotatable bonds is 10. The molecule has 2 rings (SSSR count). The topological polar surface area (TPSA) is 71.0 Å². The molecule has 0 aromatic carbocycles. The number of ether oxygens (including phenoxy) is 2. The van der Waals surface area contributed by atoms with Crippen LogP contribution in [0.1, 0.15) is 32.3 Å². The third-order valence-corrected chi connectivity index (χ3v) is 4.16. The van der Waals surface area contributed by atoms with Gasteiger partial charge in [0, 0.05) is 44.5 Å². The number of hydrogen-bond donors (Lipinski definition) is 2. The second-order valence-electron chi connectivity index (χ2n) is 6.25. The zero-order chi connectivity index (χ0) is 18.5. The molecule has 0 spiro atoms. The summed E-state index contributed by atoms with van der Waals surface area (Å²) >= 11 is 0. The van der Waals surface area contributed by atoms with Crippen LogP contribution in [0.4, 0.5) is 0 Å². The maximum absolute atomic E-state index is 5.79. The molecule has 0 unspecified atom stereocenters. The van der Waals surface area contributed by atoms with Gasteiger partial charge in [-0.1, -0.05) is 19.4 Å². The fraction of sp³-hybridized carbons (Fsp3) is 0.684. The van der Waals surface area contributed by atoms with Gasteiger partial charge in [-0.25, -0.2) is 9.98 Å². The molecule has 0 atom stereocenters. The Kier molecular flexibility index (Phi) is 13.2. The predicted molar refractivity (Wildman–Crippen MR) is 120 cm³/mol. The van der Waals surface area contributed by atoms with E-state index in [4.69, 9.17) is 9.47 Å². The van der Waals surface area contributed by atoms with Crippen molar-refractivity contribution in [2.45, 2.75) is 33.2 Å². The Morgan fingerprint density at radius 1 is 1.30 bits per heavy atom. The minimum Gasteiger partial charge on any atom is -0.477 e. The lowest BCUT2D eigenvalue weighted by Crippen LogP contribution is -2.44. The summed E-state index contributed by atoms with van der Waals surface area (Å²) in [4.78, 5) is 11.4. The van der Waals surface area contributed by atoms with E-state index in [1.165, 1.54) is 0 Å². The van der Waals surface area contributed by atoms with E-state index >= 15 is 0 Å². The lowest BCUT2D eigenvalue weighted by Gasteiger charge is -2.26. The summed E-state index contributed by atoms with van der Waals surface area (Å²) in [6.45, 7) is 11.8. The summed E-state index contributed by atoms with van der Waals surface area (Å²) in [7, 11) is 0. The highest BCUT2D eigenvalue weighted by Crippen LogP contribution is 2.15. The first-order valence-corrected chi connectivity index (χ1v) is 9.72. The smallest absolute Gasteiger partial charge is 0.218 e. The van der Waals surface area contributed by atoms with Gasteiger partial charge in [-0.2, -0.15) is 0 Å². The highest BCUT2D eigenvalue weighted by molar-refractivity contribution is 14.0. The molecule has 7 nitrogen and oxygen atoms in total. The number of pyridine rings is 1. The molecule has 1 fully saturated rings. The lowest BCUT2D eigenvalue weighted by atomic mass is 10.2. The van der Waals surface area contributed by atoms with Gasteiger partial charge in [0.2, 0.25) is 5.88 Å². The molecule has 1 aromatic heterocycles. The van der Waals surface area contributed by atoms with Crippen molar-refractivity contribution in [3.8, 4) is 5.88 Å². The largest absolute Gasteiger partial charge is 0.477 e. The Bertz CT molecular complexity index is 539. The Morgan fingerprint density at radius 2 is 2.11 bits per heavy atom. The van der Waals surface area contributed by atoms with Gasteiger partial charge in [0.15, 0.2) is 5.96 Å². The Morgan fingerprint density at radius 3 is 2.85 bits per heavy atom. The average Bonchev–Trinajstić information content (AvgIpc) is 2.68. The van der Waals surface area contributed by atoms with Gasteiger partial charge in [-0.3, -0.25) is 4.90 Å². The monoisotopic (exact) mass is 491 g/mol. The molecule has 0 bridgehead atoms. The minimum absolute atomic E-state index is 0. The summed E-state index contributed by atoms with van der Waals surface area (Å²) in [6.07, 6.45) is 3.91. The summed E-state index contributed by atoms with van der Waals surface area (Å²) in [6, 6.07) is 3.95. The molecule has 0 radical (unpaired) electrons. The molecule has 0 aliphatic carbocycles. The van der Waals surface area contributed by atoms with Crippen molar-refractivity contribution in [1.29, 1.82) is 0 Å². The van der Waals surface area contributed by atoms with Crippen molar-refractivity contribution in [2.75, 3.05) is 52.5 Å². The standard InChI is InChI=1S/C19H33N5O2.HI/c1-3-5-13-26-18-17(7-6-8-21-18)16-23-19(20-4-2)22-9-10-24-11-14-25-15-12-24;/h6-8H,3-5,9-16H2,1-2H3,(H2,20,22,23);1H. The highest BCUT2D eigenvalue weighted by atomic mass is 127. The number of guanidine groups is 1. The number of unbranched alkanes of at least 4 members (excludes halogenated alkanes) is 1. The number of morpholine rings is 1. The van der Waals surface area contributed by atoms with Crippen LogP contribution in [0.5, 0.6) is 5.88 Å².